The molecule has 0 aliphatic carbocycles. The van der Waals surface area contributed by atoms with E-state index < -0.39 is 6.10 Å². The van der Waals surface area contributed by atoms with Crippen LogP contribution in [0.4, 0.5) is 0 Å². The molecule has 3 aromatic rings. The van der Waals surface area contributed by atoms with Crippen molar-refractivity contribution >= 4 is 0 Å². The van der Waals surface area contributed by atoms with Crippen molar-refractivity contribution in [2.75, 3.05) is 0 Å². The Morgan fingerprint density at radius 2 is 2.09 bits per heavy atom. The highest BCUT2D eigenvalue weighted by Gasteiger charge is 2.41. The molecule has 0 saturated carbocycles. The van der Waals surface area contributed by atoms with Gasteiger partial charge in [0.1, 0.15) is 6.10 Å². The fraction of sp³-hybridized carbons (Fsp3) is 0.312. The van der Waals surface area contributed by atoms with Crippen molar-refractivity contribution in [3.63, 3.8) is 0 Å². The number of fused-ring (bicyclic) bond motifs is 4. The van der Waals surface area contributed by atoms with Gasteiger partial charge in [-0.05, 0) is 12.0 Å². The summed E-state index contributed by atoms with van der Waals surface area (Å²) in [6.07, 6.45) is 5.76. The second-order valence-electron chi connectivity index (χ2n) is 6.00. The van der Waals surface area contributed by atoms with Crippen LogP contribution < -0.4 is 0 Å². The molecule has 6 nitrogen and oxygen atoms in total. The fourth-order valence-electron chi connectivity index (χ4n) is 3.96. The highest BCUT2D eigenvalue weighted by molar-refractivity contribution is 5.69. The zero-order chi connectivity index (χ0) is 14.7. The summed E-state index contributed by atoms with van der Waals surface area (Å²) in [7, 11) is 0. The van der Waals surface area contributed by atoms with E-state index in [4.69, 9.17) is 0 Å². The lowest BCUT2D eigenvalue weighted by Crippen LogP contribution is -2.31. The summed E-state index contributed by atoms with van der Waals surface area (Å²) in [4.78, 5) is 4.30. The Labute approximate surface area is 127 Å². The highest BCUT2D eigenvalue weighted by Crippen LogP contribution is 2.48. The molecule has 0 spiro atoms. The normalized spacial score (nSPS) is 25.6. The number of aromatic nitrogens is 5. The quantitative estimate of drug-likeness (QED) is 0.743. The molecular formula is C16H15N5O. The zero-order valence-corrected chi connectivity index (χ0v) is 11.9. The van der Waals surface area contributed by atoms with Crippen LogP contribution in [0.1, 0.15) is 29.8 Å². The summed E-state index contributed by atoms with van der Waals surface area (Å²) in [5.74, 6) is 0.0996. The van der Waals surface area contributed by atoms with Crippen LogP contribution >= 0.6 is 0 Å². The zero-order valence-electron chi connectivity index (χ0n) is 11.9. The molecule has 110 valence electrons. The topological polar surface area (TPSA) is 68.8 Å². The van der Waals surface area contributed by atoms with Gasteiger partial charge in [-0.2, -0.15) is 0 Å². The molecule has 0 amide bonds. The smallest absolute Gasteiger partial charge is 0.102 e. The number of hydrogen-bond donors (Lipinski definition) is 1. The Balaban J connectivity index is 1.65. The molecular weight excluding hydrogens is 278 g/mol. The van der Waals surface area contributed by atoms with Crippen LogP contribution in [0, 0.1) is 5.92 Å². The van der Waals surface area contributed by atoms with Gasteiger partial charge in [-0.25, -0.2) is 9.67 Å². The van der Waals surface area contributed by atoms with E-state index in [1.165, 1.54) is 11.1 Å². The maximum Gasteiger partial charge on any atom is 0.102 e. The van der Waals surface area contributed by atoms with E-state index in [0.717, 1.165) is 24.4 Å². The molecule has 0 fully saturated rings. The SMILES string of the molecule is O[C@H]1c2cnnn2CC[C@H]1[C@H]1c2ccccc2-c2cncn21. The number of aliphatic hydroxyl groups excluding tert-OH is 1. The maximum atomic E-state index is 10.8. The van der Waals surface area contributed by atoms with Crippen LogP contribution in [0.3, 0.4) is 0 Å². The van der Waals surface area contributed by atoms with Crippen molar-refractivity contribution < 1.29 is 5.11 Å². The number of hydrogen-bond acceptors (Lipinski definition) is 4. The summed E-state index contributed by atoms with van der Waals surface area (Å²) >= 11 is 0. The third-order valence-electron chi connectivity index (χ3n) is 4.96. The average molecular weight is 293 g/mol. The summed E-state index contributed by atoms with van der Waals surface area (Å²) in [6.45, 7) is 0.791. The largest absolute Gasteiger partial charge is 0.386 e. The summed E-state index contributed by atoms with van der Waals surface area (Å²) < 4.78 is 3.99. The Kier molecular flexibility index (Phi) is 2.35. The van der Waals surface area contributed by atoms with E-state index in [2.05, 4.69) is 44.1 Å². The molecule has 2 aliphatic rings. The van der Waals surface area contributed by atoms with Crippen molar-refractivity contribution in [3.05, 3.63) is 54.2 Å². The second kappa shape index (κ2) is 4.27. The first-order valence-corrected chi connectivity index (χ1v) is 7.52. The van der Waals surface area contributed by atoms with Gasteiger partial charge >= 0.3 is 0 Å². The summed E-state index contributed by atoms with van der Waals surface area (Å²) in [5.41, 5.74) is 4.42. The van der Waals surface area contributed by atoms with Crippen molar-refractivity contribution in [1.82, 2.24) is 24.5 Å². The number of rotatable bonds is 1. The predicted octanol–water partition coefficient (Wildman–Crippen LogP) is 1.80. The van der Waals surface area contributed by atoms with Crippen LogP contribution in [0.25, 0.3) is 11.3 Å². The molecule has 1 aromatic carbocycles. The first kappa shape index (κ1) is 12.1. The molecule has 0 unspecified atom stereocenters. The van der Waals surface area contributed by atoms with Gasteiger partial charge in [0.15, 0.2) is 0 Å². The van der Waals surface area contributed by atoms with Gasteiger partial charge in [-0.15, -0.1) is 5.10 Å². The second-order valence-corrected chi connectivity index (χ2v) is 6.00. The van der Waals surface area contributed by atoms with Crippen LogP contribution in [-0.2, 0) is 6.54 Å². The minimum absolute atomic E-state index is 0.0996. The van der Waals surface area contributed by atoms with E-state index in [9.17, 15) is 5.11 Å². The maximum absolute atomic E-state index is 10.8. The molecule has 3 atom stereocenters. The number of benzene rings is 1. The Hall–Kier alpha value is -2.47. The fourth-order valence-corrected chi connectivity index (χ4v) is 3.96. The lowest BCUT2D eigenvalue weighted by atomic mass is 9.83. The highest BCUT2D eigenvalue weighted by atomic mass is 16.3. The Morgan fingerprint density at radius 1 is 1.18 bits per heavy atom. The van der Waals surface area contributed by atoms with Crippen molar-refractivity contribution in [2.24, 2.45) is 5.92 Å². The molecule has 0 saturated heterocycles. The number of imidazole rings is 1. The Bertz CT molecular complexity index is 852. The van der Waals surface area contributed by atoms with E-state index in [1.54, 1.807) is 10.9 Å². The van der Waals surface area contributed by atoms with E-state index in [-0.39, 0.29) is 12.0 Å². The van der Waals surface area contributed by atoms with E-state index in [1.807, 2.05) is 12.5 Å². The molecule has 2 aromatic heterocycles. The van der Waals surface area contributed by atoms with E-state index in [0.29, 0.717) is 0 Å². The van der Waals surface area contributed by atoms with Crippen molar-refractivity contribution in [1.29, 1.82) is 0 Å². The van der Waals surface area contributed by atoms with Gasteiger partial charge in [-0.3, -0.25) is 0 Å². The minimum Gasteiger partial charge on any atom is -0.386 e. The molecule has 6 heteroatoms. The third kappa shape index (κ3) is 1.45. The van der Waals surface area contributed by atoms with Crippen LogP contribution in [-0.4, -0.2) is 29.7 Å². The molecule has 22 heavy (non-hydrogen) atoms. The first-order chi connectivity index (χ1) is 10.8. The third-order valence-corrected chi connectivity index (χ3v) is 4.96. The standard InChI is InChI=1S/C16H15N5O/c22-16-12(5-6-21-14(16)8-18-19-21)15-11-4-2-1-3-10(11)13-7-17-9-20(13)15/h1-4,7-9,12,15-16,22H,5-6H2/t12-,15+,16+/m0/s1. The minimum atomic E-state index is -0.560. The number of aryl methyl sites for hydroxylation is 1. The van der Waals surface area contributed by atoms with Gasteiger partial charge in [0.05, 0.1) is 36.2 Å². The van der Waals surface area contributed by atoms with Crippen LogP contribution in [0.15, 0.2) is 43.0 Å². The average Bonchev–Trinajstić information content (AvgIpc) is 3.23. The van der Waals surface area contributed by atoms with Crippen LogP contribution in [0.5, 0.6) is 0 Å². The van der Waals surface area contributed by atoms with Gasteiger partial charge in [-0.1, -0.05) is 29.5 Å². The van der Waals surface area contributed by atoms with Gasteiger partial charge in [0, 0.05) is 18.0 Å². The van der Waals surface area contributed by atoms with Crippen LogP contribution in [0.2, 0.25) is 0 Å². The predicted molar refractivity (Wildman–Crippen MR) is 78.9 cm³/mol. The molecule has 1 N–H and O–H groups in total. The first-order valence-electron chi connectivity index (χ1n) is 7.52. The molecule has 2 aliphatic heterocycles. The monoisotopic (exact) mass is 293 g/mol. The molecule has 0 bridgehead atoms. The molecule has 5 rings (SSSR count). The molecule has 4 heterocycles. The van der Waals surface area contributed by atoms with E-state index >= 15 is 0 Å². The lowest BCUT2D eigenvalue weighted by molar-refractivity contribution is 0.0524. The number of aliphatic hydroxyl groups is 1. The van der Waals surface area contributed by atoms with Gasteiger partial charge in [0.25, 0.3) is 0 Å². The van der Waals surface area contributed by atoms with Gasteiger partial charge < -0.3 is 9.67 Å². The van der Waals surface area contributed by atoms with Gasteiger partial charge in [0.2, 0.25) is 0 Å². The van der Waals surface area contributed by atoms with Crippen molar-refractivity contribution in [2.45, 2.75) is 25.1 Å². The number of nitrogens with zero attached hydrogens (tertiary/aromatic N) is 5. The Morgan fingerprint density at radius 3 is 3.05 bits per heavy atom. The molecule has 0 radical (unpaired) electrons. The summed E-state index contributed by atoms with van der Waals surface area (Å²) in [5, 5.41) is 18.8. The van der Waals surface area contributed by atoms with Crippen molar-refractivity contribution in [3.8, 4) is 11.3 Å². The summed E-state index contributed by atoms with van der Waals surface area (Å²) in [6, 6.07) is 8.52. The lowest BCUT2D eigenvalue weighted by Gasteiger charge is -2.33.